The second-order valence-corrected chi connectivity index (χ2v) is 5.66. The number of hydrogen-bond acceptors (Lipinski definition) is 2. The lowest BCUT2D eigenvalue weighted by Gasteiger charge is -2.20. The first-order valence-electron chi connectivity index (χ1n) is 7.06. The van der Waals surface area contributed by atoms with Gasteiger partial charge in [-0.15, -0.1) is 12.4 Å². The molecule has 0 saturated carbocycles. The molecular formula is C17H20ClFN2O2. The molecule has 124 valence electrons. The molecule has 23 heavy (non-hydrogen) atoms. The first-order valence-corrected chi connectivity index (χ1v) is 7.06. The van der Waals surface area contributed by atoms with Gasteiger partial charge < -0.3 is 10.3 Å². The van der Waals surface area contributed by atoms with Gasteiger partial charge in [-0.1, -0.05) is 6.07 Å². The molecule has 2 rings (SSSR count). The third kappa shape index (κ3) is 3.45. The maximum absolute atomic E-state index is 13.3. The van der Waals surface area contributed by atoms with Crippen LogP contribution in [0.3, 0.4) is 0 Å². The normalized spacial score (nSPS) is 10.5. The van der Waals surface area contributed by atoms with Gasteiger partial charge in [-0.3, -0.25) is 9.59 Å². The molecule has 0 saturated heterocycles. The molecule has 2 N–H and O–H groups in total. The molecule has 0 fully saturated rings. The van der Waals surface area contributed by atoms with E-state index in [1.54, 1.807) is 13.0 Å². The van der Waals surface area contributed by atoms with Crippen molar-refractivity contribution < 1.29 is 9.18 Å². The van der Waals surface area contributed by atoms with Gasteiger partial charge in [0.15, 0.2) is 0 Å². The van der Waals surface area contributed by atoms with Crippen molar-refractivity contribution in [3.05, 3.63) is 57.3 Å². The first kappa shape index (κ1) is 18.9. The zero-order chi connectivity index (χ0) is 16.6. The number of aromatic nitrogens is 1. The fraction of sp³-hybridized carbons (Fsp3) is 0.294. The van der Waals surface area contributed by atoms with Gasteiger partial charge in [0.1, 0.15) is 11.4 Å². The number of pyridine rings is 1. The first-order chi connectivity index (χ1) is 10.2. The molecule has 2 aromatic rings. The van der Waals surface area contributed by atoms with Crippen molar-refractivity contribution in [2.75, 3.05) is 0 Å². The van der Waals surface area contributed by atoms with Gasteiger partial charge in [0.2, 0.25) is 5.43 Å². The van der Waals surface area contributed by atoms with Crippen LogP contribution in [0.1, 0.15) is 41.5 Å². The highest BCUT2D eigenvalue weighted by Crippen LogP contribution is 2.26. The largest absolute Gasteiger partial charge is 0.365 e. The van der Waals surface area contributed by atoms with Gasteiger partial charge in [-0.2, -0.15) is 0 Å². The van der Waals surface area contributed by atoms with Gasteiger partial charge in [-0.25, -0.2) is 4.39 Å². The average Bonchev–Trinajstić information content (AvgIpc) is 2.40. The van der Waals surface area contributed by atoms with Gasteiger partial charge in [-0.05, 0) is 51.0 Å². The molecule has 4 nitrogen and oxygen atoms in total. The van der Waals surface area contributed by atoms with Crippen LogP contribution in [-0.4, -0.2) is 10.5 Å². The predicted octanol–water partition coefficient (Wildman–Crippen LogP) is 3.37. The standard InChI is InChI=1S/C17H19FN2O2.ClH/c1-9(2)20-8-14(17(19)22)16(21)15(11(20)4)13-6-5-12(18)7-10(13)3;/h5-9H,1-4H3,(H2,19,22);1H. The van der Waals surface area contributed by atoms with Crippen molar-refractivity contribution in [2.45, 2.75) is 33.7 Å². The second-order valence-electron chi connectivity index (χ2n) is 5.66. The second kappa shape index (κ2) is 6.96. The Balaban J connectivity index is 0.00000264. The number of nitrogens with zero attached hydrogens (tertiary/aromatic N) is 1. The number of benzene rings is 1. The van der Waals surface area contributed by atoms with Gasteiger partial charge in [0, 0.05) is 23.5 Å². The van der Waals surface area contributed by atoms with Crippen LogP contribution in [0.5, 0.6) is 0 Å². The summed E-state index contributed by atoms with van der Waals surface area (Å²) in [5, 5.41) is 0. The number of halogens is 2. The SMILES string of the molecule is Cc1cc(F)ccc1-c1c(C)n(C(C)C)cc(C(N)=O)c1=O.Cl. The summed E-state index contributed by atoms with van der Waals surface area (Å²) in [6.07, 6.45) is 1.49. The maximum atomic E-state index is 13.3. The number of aryl methyl sites for hydroxylation is 1. The Morgan fingerprint density at radius 3 is 2.35 bits per heavy atom. The Labute approximate surface area is 140 Å². The molecular weight excluding hydrogens is 319 g/mol. The number of hydrogen-bond donors (Lipinski definition) is 1. The summed E-state index contributed by atoms with van der Waals surface area (Å²) in [5.41, 5.74) is 7.22. The van der Waals surface area contributed by atoms with Crippen LogP contribution in [0.25, 0.3) is 11.1 Å². The van der Waals surface area contributed by atoms with E-state index < -0.39 is 11.3 Å². The van der Waals surface area contributed by atoms with Crippen molar-refractivity contribution in [1.29, 1.82) is 0 Å². The topological polar surface area (TPSA) is 65.1 Å². The lowest BCUT2D eigenvalue weighted by molar-refractivity contribution is 0.0998. The Hall–Kier alpha value is -2.14. The van der Waals surface area contributed by atoms with Crippen LogP contribution < -0.4 is 11.2 Å². The summed E-state index contributed by atoms with van der Waals surface area (Å²) in [6.45, 7) is 7.44. The Bertz CT molecular complexity index is 813. The van der Waals surface area contributed by atoms with Gasteiger partial charge in [0.25, 0.3) is 5.91 Å². The fourth-order valence-corrected chi connectivity index (χ4v) is 2.66. The lowest BCUT2D eigenvalue weighted by atomic mass is 9.96. The number of nitrogens with two attached hydrogens (primary N) is 1. The number of carbonyl (C=O) groups excluding carboxylic acids is 1. The molecule has 0 unspecified atom stereocenters. The minimum Gasteiger partial charge on any atom is -0.365 e. The predicted molar refractivity (Wildman–Crippen MR) is 91.7 cm³/mol. The minimum absolute atomic E-state index is 0. The van der Waals surface area contributed by atoms with Crippen LogP contribution >= 0.6 is 12.4 Å². The van der Waals surface area contributed by atoms with Crippen LogP contribution in [-0.2, 0) is 0 Å². The smallest absolute Gasteiger partial charge is 0.254 e. The molecule has 6 heteroatoms. The highest BCUT2D eigenvalue weighted by Gasteiger charge is 2.19. The highest BCUT2D eigenvalue weighted by atomic mass is 35.5. The summed E-state index contributed by atoms with van der Waals surface area (Å²) in [6, 6.07) is 4.28. The molecule has 0 aliphatic carbocycles. The maximum Gasteiger partial charge on any atom is 0.254 e. The summed E-state index contributed by atoms with van der Waals surface area (Å²) < 4.78 is 15.2. The summed E-state index contributed by atoms with van der Waals surface area (Å²) in [4.78, 5) is 24.2. The van der Waals surface area contributed by atoms with Crippen molar-refractivity contribution in [2.24, 2.45) is 5.73 Å². The van der Waals surface area contributed by atoms with Crippen molar-refractivity contribution in [3.63, 3.8) is 0 Å². The Morgan fingerprint density at radius 2 is 1.87 bits per heavy atom. The van der Waals surface area contributed by atoms with Crippen molar-refractivity contribution in [3.8, 4) is 11.1 Å². The Morgan fingerprint density at radius 1 is 1.26 bits per heavy atom. The number of primary amides is 1. The van der Waals surface area contributed by atoms with Crippen LogP contribution in [0.4, 0.5) is 4.39 Å². The zero-order valence-electron chi connectivity index (χ0n) is 13.5. The Kier molecular flexibility index (Phi) is 5.72. The van der Waals surface area contributed by atoms with E-state index in [4.69, 9.17) is 5.73 Å². The van der Waals surface area contributed by atoms with E-state index in [9.17, 15) is 14.0 Å². The molecule has 0 aliphatic heterocycles. The van der Waals surface area contributed by atoms with E-state index in [1.165, 1.54) is 18.3 Å². The molecule has 1 aromatic heterocycles. The summed E-state index contributed by atoms with van der Waals surface area (Å²) >= 11 is 0. The number of carbonyl (C=O) groups is 1. The quantitative estimate of drug-likeness (QED) is 0.932. The lowest BCUT2D eigenvalue weighted by Crippen LogP contribution is -2.27. The summed E-state index contributed by atoms with van der Waals surface area (Å²) in [5.74, 6) is -1.13. The van der Waals surface area contributed by atoms with Crippen LogP contribution in [0.15, 0.2) is 29.2 Å². The van der Waals surface area contributed by atoms with Gasteiger partial charge in [0.05, 0.1) is 0 Å². The molecule has 0 radical (unpaired) electrons. The summed E-state index contributed by atoms with van der Waals surface area (Å²) in [7, 11) is 0. The van der Waals surface area contributed by atoms with E-state index in [0.717, 1.165) is 5.69 Å². The molecule has 1 aromatic carbocycles. The molecule has 1 heterocycles. The molecule has 0 spiro atoms. The van der Waals surface area contributed by atoms with E-state index >= 15 is 0 Å². The van der Waals surface area contributed by atoms with Crippen LogP contribution in [0, 0.1) is 19.7 Å². The number of rotatable bonds is 3. The van der Waals surface area contributed by atoms with E-state index in [1.807, 2.05) is 25.3 Å². The zero-order valence-corrected chi connectivity index (χ0v) is 14.3. The highest BCUT2D eigenvalue weighted by molar-refractivity contribution is 5.94. The monoisotopic (exact) mass is 338 g/mol. The van der Waals surface area contributed by atoms with Crippen molar-refractivity contribution in [1.82, 2.24) is 4.57 Å². The molecule has 1 amide bonds. The van der Waals surface area contributed by atoms with Gasteiger partial charge >= 0.3 is 0 Å². The van der Waals surface area contributed by atoms with E-state index in [-0.39, 0.29) is 29.8 Å². The van der Waals surface area contributed by atoms with Crippen LogP contribution in [0.2, 0.25) is 0 Å². The number of amides is 1. The van der Waals surface area contributed by atoms with E-state index in [0.29, 0.717) is 16.7 Å². The fourth-order valence-electron chi connectivity index (χ4n) is 2.66. The van der Waals surface area contributed by atoms with Crippen molar-refractivity contribution >= 4 is 18.3 Å². The molecule has 0 aliphatic rings. The van der Waals surface area contributed by atoms with E-state index in [2.05, 4.69) is 0 Å². The average molecular weight is 339 g/mol. The minimum atomic E-state index is -0.764. The third-order valence-electron chi connectivity index (χ3n) is 3.77. The molecule has 0 atom stereocenters. The molecule has 0 bridgehead atoms. The third-order valence-corrected chi connectivity index (χ3v) is 3.77.